The van der Waals surface area contributed by atoms with Crippen LogP contribution in [0.5, 0.6) is 0 Å². The van der Waals surface area contributed by atoms with Gasteiger partial charge in [0, 0.05) is 13.6 Å². The van der Waals surface area contributed by atoms with Gasteiger partial charge in [-0.1, -0.05) is 24.3 Å². The van der Waals surface area contributed by atoms with Gasteiger partial charge >= 0.3 is 0 Å². The van der Waals surface area contributed by atoms with Crippen LogP contribution < -0.4 is 0 Å². The second-order valence-electron chi connectivity index (χ2n) is 3.93. The molecule has 1 atom stereocenters. The molecule has 74 valence electrons. The van der Waals surface area contributed by atoms with Crippen LogP contribution in [0.4, 0.5) is 0 Å². The highest BCUT2D eigenvalue weighted by Crippen LogP contribution is 2.25. The highest BCUT2D eigenvalue weighted by atomic mass is 16.2. The molecule has 0 radical (unpaired) electrons. The molecule has 0 aliphatic carbocycles. The molecule has 1 aromatic carbocycles. The van der Waals surface area contributed by atoms with E-state index in [0.29, 0.717) is 0 Å². The summed E-state index contributed by atoms with van der Waals surface area (Å²) in [6.45, 7) is 2.82. The van der Waals surface area contributed by atoms with Crippen molar-refractivity contribution in [1.82, 2.24) is 4.90 Å². The molecule has 1 heterocycles. The minimum absolute atomic E-state index is 0.0127. The Morgan fingerprint density at radius 1 is 1.36 bits per heavy atom. The van der Waals surface area contributed by atoms with Crippen molar-refractivity contribution < 1.29 is 4.79 Å². The molecule has 2 nitrogen and oxygen atoms in total. The summed E-state index contributed by atoms with van der Waals surface area (Å²) in [6, 6.07) is 8.24. The van der Waals surface area contributed by atoms with Crippen molar-refractivity contribution in [2.45, 2.75) is 19.3 Å². The average Bonchev–Trinajstić information content (AvgIpc) is 2.32. The Labute approximate surface area is 84.5 Å². The predicted octanol–water partition coefficient (Wildman–Crippen LogP) is 1.80. The lowest BCUT2D eigenvalue weighted by Gasteiger charge is -2.17. The molecule has 0 saturated heterocycles. The number of carbonyl (C=O) groups is 1. The van der Waals surface area contributed by atoms with Crippen molar-refractivity contribution >= 4 is 5.91 Å². The van der Waals surface area contributed by atoms with Crippen LogP contribution in [0.15, 0.2) is 24.3 Å². The van der Waals surface area contributed by atoms with E-state index in [1.54, 1.807) is 0 Å². The van der Waals surface area contributed by atoms with E-state index in [-0.39, 0.29) is 11.8 Å². The van der Waals surface area contributed by atoms with E-state index in [9.17, 15) is 4.79 Å². The summed E-state index contributed by atoms with van der Waals surface area (Å²) in [7, 11) is 1.88. The molecule has 0 bridgehead atoms. The van der Waals surface area contributed by atoms with Crippen molar-refractivity contribution in [2.75, 3.05) is 13.6 Å². The molecular weight excluding hydrogens is 174 g/mol. The van der Waals surface area contributed by atoms with E-state index in [0.717, 1.165) is 13.0 Å². The van der Waals surface area contributed by atoms with E-state index in [1.807, 2.05) is 31.0 Å². The molecule has 0 spiro atoms. The maximum atomic E-state index is 11.8. The van der Waals surface area contributed by atoms with Gasteiger partial charge in [0.25, 0.3) is 0 Å². The predicted molar refractivity (Wildman–Crippen MR) is 56.2 cm³/mol. The number of hydrogen-bond donors (Lipinski definition) is 0. The molecule has 1 amide bonds. The number of likely N-dealkylation sites (N-methyl/N-ethyl adjacent to an activating group) is 1. The molecule has 1 aliphatic heterocycles. The minimum Gasteiger partial charge on any atom is -0.345 e. The van der Waals surface area contributed by atoms with Gasteiger partial charge in [0.15, 0.2) is 0 Å². The van der Waals surface area contributed by atoms with Crippen molar-refractivity contribution in [1.29, 1.82) is 0 Å². The van der Waals surface area contributed by atoms with Crippen LogP contribution in [0.3, 0.4) is 0 Å². The summed E-state index contributed by atoms with van der Waals surface area (Å²) < 4.78 is 0. The summed E-state index contributed by atoms with van der Waals surface area (Å²) in [5, 5.41) is 0. The van der Waals surface area contributed by atoms with E-state index in [1.165, 1.54) is 11.1 Å². The standard InChI is InChI=1S/C12H15NO/c1-9-11-6-4-3-5-10(11)7-8-13(2)12(9)14/h3-6,9H,7-8H2,1-2H3/t9-/m0/s1. The Morgan fingerprint density at radius 2 is 2.07 bits per heavy atom. The van der Waals surface area contributed by atoms with E-state index in [4.69, 9.17) is 0 Å². The molecule has 2 heteroatoms. The molecule has 2 rings (SSSR count). The second kappa shape index (κ2) is 3.45. The van der Waals surface area contributed by atoms with Crippen LogP contribution in [0.2, 0.25) is 0 Å². The van der Waals surface area contributed by atoms with Gasteiger partial charge in [-0.3, -0.25) is 4.79 Å². The monoisotopic (exact) mass is 189 g/mol. The molecule has 1 aromatic rings. The highest BCUT2D eigenvalue weighted by molar-refractivity contribution is 5.84. The van der Waals surface area contributed by atoms with Gasteiger partial charge in [-0.2, -0.15) is 0 Å². The van der Waals surface area contributed by atoms with Crippen molar-refractivity contribution in [3.05, 3.63) is 35.4 Å². The minimum atomic E-state index is 0.0127. The maximum Gasteiger partial charge on any atom is 0.229 e. The van der Waals surface area contributed by atoms with Crippen molar-refractivity contribution in [2.24, 2.45) is 0 Å². The molecule has 0 fully saturated rings. The lowest BCUT2D eigenvalue weighted by Crippen LogP contribution is -2.29. The lowest BCUT2D eigenvalue weighted by molar-refractivity contribution is -0.130. The molecular formula is C12H15NO. The third-order valence-electron chi connectivity index (χ3n) is 2.98. The zero-order valence-electron chi connectivity index (χ0n) is 8.66. The fourth-order valence-corrected chi connectivity index (χ4v) is 2.05. The van der Waals surface area contributed by atoms with Gasteiger partial charge in [-0.15, -0.1) is 0 Å². The molecule has 0 saturated carbocycles. The number of benzene rings is 1. The summed E-state index contributed by atoms with van der Waals surface area (Å²) in [5.74, 6) is 0.244. The summed E-state index contributed by atoms with van der Waals surface area (Å²) in [4.78, 5) is 13.7. The molecule has 0 N–H and O–H groups in total. The number of amides is 1. The normalized spacial score (nSPS) is 21.7. The largest absolute Gasteiger partial charge is 0.345 e. The van der Waals surface area contributed by atoms with Gasteiger partial charge in [0.05, 0.1) is 5.92 Å². The molecule has 1 aliphatic rings. The Hall–Kier alpha value is -1.31. The fraction of sp³-hybridized carbons (Fsp3) is 0.417. The maximum absolute atomic E-state index is 11.8. The number of rotatable bonds is 0. The Balaban J connectivity index is 2.45. The number of hydrogen-bond acceptors (Lipinski definition) is 1. The number of nitrogens with zero attached hydrogens (tertiary/aromatic N) is 1. The summed E-state index contributed by atoms with van der Waals surface area (Å²) >= 11 is 0. The van der Waals surface area contributed by atoms with Gasteiger partial charge in [-0.25, -0.2) is 0 Å². The number of fused-ring (bicyclic) bond motifs is 1. The topological polar surface area (TPSA) is 20.3 Å². The van der Waals surface area contributed by atoms with E-state index < -0.39 is 0 Å². The van der Waals surface area contributed by atoms with Gasteiger partial charge in [0.2, 0.25) is 5.91 Å². The first kappa shape index (κ1) is 9.25. The second-order valence-corrected chi connectivity index (χ2v) is 3.93. The van der Waals surface area contributed by atoms with Crippen LogP contribution >= 0.6 is 0 Å². The van der Waals surface area contributed by atoms with E-state index in [2.05, 4.69) is 12.1 Å². The van der Waals surface area contributed by atoms with Gasteiger partial charge < -0.3 is 4.90 Å². The van der Waals surface area contributed by atoms with Crippen LogP contribution in [0.25, 0.3) is 0 Å². The molecule has 0 aromatic heterocycles. The zero-order valence-corrected chi connectivity index (χ0v) is 8.66. The fourth-order valence-electron chi connectivity index (χ4n) is 2.05. The first-order valence-corrected chi connectivity index (χ1v) is 5.03. The van der Waals surface area contributed by atoms with E-state index >= 15 is 0 Å². The summed E-state index contributed by atoms with van der Waals surface area (Å²) in [5.41, 5.74) is 2.51. The van der Waals surface area contributed by atoms with Gasteiger partial charge in [0.1, 0.15) is 0 Å². The summed E-state index contributed by atoms with van der Waals surface area (Å²) in [6.07, 6.45) is 0.975. The SMILES string of the molecule is C[C@@H]1C(=O)N(C)CCc2ccccc21. The van der Waals surface area contributed by atoms with Crippen molar-refractivity contribution in [3.8, 4) is 0 Å². The third-order valence-corrected chi connectivity index (χ3v) is 2.98. The van der Waals surface area contributed by atoms with Crippen LogP contribution in [-0.4, -0.2) is 24.4 Å². The number of carbonyl (C=O) groups excluding carboxylic acids is 1. The first-order valence-electron chi connectivity index (χ1n) is 5.03. The lowest BCUT2D eigenvalue weighted by atomic mass is 9.95. The Bertz CT molecular complexity index is 359. The Morgan fingerprint density at radius 3 is 2.86 bits per heavy atom. The van der Waals surface area contributed by atoms with Crippen molar-refractivity contribution in [3.63, 3.8) is 0 Å². The third kappa shape index (κ3) is 1.41. The first-order chi connectivity index (χ1) is 6.70. The van der Waals surface area contributed by atoms with Crippen LogP contribution in [0.1, 0.15) is 24.0 Å². The zero-order chi connectivity index (χ0) is 10.1. The molecule has 14 heavy (non-hydrogen) atoms. The smallest absolute Gasteiger partial charge is 0.229 e. The highest BCUT2D eigenvalue weighted by Gasteiger charge is 2.24. The quantitative estimate of drug-likeness (QED) is 0.609. The average molecular weight is 189 g/mol. The Kier molecular flexibility index (Phi) is 2.28. The molecule has 0 unspecified atom stereocenters. The van der Waals surface area contributed by atoms with Gasteiger partial charge in [-0.05, 0) is 24.5 Å². The van der Waals surface area contributed by atoms with Crippen LogP contribution in [-0.2, 0) is 11.2 Å². The van der Waals surface area contributed by atoms with Crippen LogP contribution in [0, 0.1) is 0 Å².